The second kappa shape index (κ2) is 7.16. The Kier molecular flexibility index (Phi) is 5.85. The summed E-state index contributed by atoms with van der Waals surface area (Å²) in [6, 6.07) is 0. The lowest BCUT2D eigenvalue weighted by Gasteiger charge is -2.32. The summed E-state index contributed by atoms with van der Waals surface area (Å²) in [7, 11) is 0. The first-order chi connectivity index (χ1) is 8.61. The minimum atomic E-state index is -0.893. The van der Waals surface area contributed by atoms with Gasteiger partial charge in [0, 0.05) is 13.1 Å². The summed E-state index contributed by atoms with van der Waals surface area (Å²) in [6.07, 6.45) is 4.53. The molecule has 0 bridgehead atoms. The van der Waals surface area contributed by atoms with Gasteiger partial charge >= 0.3 is 5.97 Å². The second-order valence-electron chi connectivity index (χ2n) is 4.63. The first-order valence-corrected chi connectivity index (χ1v) is 6.35. The average molecular weight is 255 g/mol. The Balaban J connectivity index is 2.76. The van der Waals surface area contributed by atoms with Crippen LogP contribution in [0, 0.1) is 11.8 Å². The van der Waals surface area contributed by atoms with Gasteiger partial charge < -0.3 is 15.1 Å². The molecule has 0 saturated heterocycles. The Morgan fingerprint density at radius 2 is 1.89 bits per heavy atom. The van der Waals surface area contributed by atoms with Crippen molar-refractivity contribution in [2.75, 3.05) is 19.7 Å². The lowest BCUT2D eigenvalue weighted by Crippen LogP contribution is -2.43. The molecule has 102 valence electrons. The molecule has 18 heavy (non-hydrogen) atoms. The number of carboxylic acids is 1. The van der Waals surface area contributed by atoms with E-state index >= 15 is 0 Å². The summed E-state index contributed by atoms with van der Waals surface area (Å²) in [5, 5.41) is 18.1. The fraction of sp³-hybridized carbons (Fsp3) is 0.692. The van der Waals surface area contributed by atoms with Crippen LogP contribution in [0.3, 0.4) is 0 Å². The van der Waals surface area contributed by atoms with Gasteiger partial charge in [0.1, 0.15) is 0 Å². The first kappa shape index (κ1) is 14.7. The predicted octanol–water partition coefficient (Wildman–Crippen LogP) is 0.884. The highest BCUT2D eigenvalue weighted by atomic mass is 16.4. The molecule has 1 aliphatic rings. The Morgan fingerprint density at radius 3 is 2.39 bits per heavy atom. The molecule has 2 atom stereocenters. The van der Waals surface area contributed by atoms with Gasteiger partial charge in [0.15, 0.2) is 0 Å². The Bertz CT molecular complexity index is 316. The molecular formula is C13H21NO4. The molecule has 1 saturated carbocycles. The summed E-state index contributed by atoms with van der Waals surface area (Å²) in [5.74, 6) is -2.10. The molecule has 5 nitrogen and oxygen atoms in total. The van der Waals surface area contributed by atoms with E-state index in [-0.39, 0.29) is 19.1 Å². The van der Waals surface area contributed by atoms with E-state index in [4.69, 9.17) is 10.2 Å². The molecule has 1 rings (SSSR count). The van der Waals surface area contributed by atoms with Crippen LogP contribution >= 0.6 is 0 Å². The molecule has 0 aliphatic heterocycles. The van der Waals surface area contributed by atoms with Crippen LogP contribution in [-0.2, 0) is 9.59 Å². The summed E-state index contributed by atoms with van der Waals surface area (Å²) in [4.78, 5) is 24.9. The van der Waals surface area contributed by atoms with E-state index in [1.54, 1.807) is 6.08 Å². The van der Waals surface area contributed by atoms with E-state index < -0.39 is 17.8 Å². The van der Waals surface area contributed by atoms with E-state index in [1.807, 2.05) is 0 Å². The molecule has 0 heterocycles. The molecule has 2 N–H and O–H groups in total. The third kappa shape index (κ3) is 3.57. The van der Waals surface area contributed by atoms with Gasteiger partial charge in [0.05, 0.1) is 18.4 Å². The van der Waals surface area contributed by atoms with Gasteiger partial charge in [-0.2, -0.15) is 0 Å². The lowest BCUT2D eigenvalue weighted by molar-refractivity contribution is -0.152. The van der Waals surface area contributed by atoms with Crippen molar-refractivity contribution >= 4 is 11.9 Å². The van der Waals surface area contributed by atoms with Gasteiger partial charge in [-0.05, 0) is 12.8 Å². The van der Waals surface area contributed by atoms with Crippen LogP contribution in [0.4, 0.5) is 0 Å². The Morgan fingerprint density at radius 1 is 1.28 bits per heavy atom. The van der Waals surface area contributed by atoms with Gasteiger partial charge in [-0.15, -0.1) is 6.58 Å². The molecule has 1 fully saturated rings. The number of rotatable bonds is 6. The standard InChI is InChI=1S/C13H21NO4/c1-2-7-14(8-9-15)12(16)10-5-3-4-6-11(10)13(17)18/h2,10-11,15H,1,3-9H2,(H,17,18). The van der Waals surface area contributed by atoms with Crippen molar-refractivity contribution in [3.63, 3.8) is 0 Å². The topological polar surface area (TPSA) is 77.8 Å². The number of nitrogens with zero attached hydrogens (tertiary/aromatic N) is 1. The molecule has 5 heteroatoms. The summed E-state index contributed by atoms with van der Waals surface area (Å²) in [5.41, 5.74) is 0. The summed E-state index contributed by atoms with van der Waals surface area (Å²) >= 11 is 0. The first-order valence-electron chi connectivity index (χ1n) is 6.35. The largest absolute Gasteiger partial charge is 0.481 e. The molecule has 2 unspecified atom stereocenters. The Labute approximate surface area is 107 Å². The number of amides is 1. The summed E-state index contributed by atoms with van der Waals surface area (Å²) in [6.45, 7) is 4.03. The van der Waals surface area contributed by atoms with Gasteiger partial charge in [-0.25, -0.2) is 0 Å². The molecule has 0 aromatic heterocycles. The van der Waals surface area contributed by atoms with Crippen molar-refractivity contribution in [2.45, 2.75) is 25.7 Å². The molecule has 1 aliphatic carbocycles. The van der Waals surface area contributed by atoms with Crippen LogP contribution in [-0.4, -0.2) is 46.7 Å². The average Bonchev–Trinajstić information content (AvgIpc) is 2.37. The maximum atomic E-state index is 12.3. The lowest BCUT2D eigenvalue weighted by atomic mass is 9.78. The number of aliphatic hydroxyl groups is 1. The number of carbonyl (C=O) groups is 2. The zero-order valence-electron chi connectivity index (χ0n) is 10.5. The number of hydrogen-bond acceptors (Lipinski definition) is 3. The monoisotopic (exact) mass is 255 g/mol. The van der Waals surface area contributed by atoms with E-state index in [2.05, 4.69) is 6.58 Å². The number of hydrogen-bond donors (Lipinski definition) is 2. The van der Waals surface area contributed by atoms with Gasteiger partial charge in [-0.1, -0.05) is 18.9 Å². The van der Waals surface area contributed by atoms with Crippen molar-refractivity contribution in [1.82, 2.24) is 4.90 Å². The molecule has 0 aromatic carbocycles. The highest BCUT2D eigenvalue weighted by Crippen LogP contribution is 2.31. The predicted molar refractivity (Wildman–Crippen MR) is 66.9 cm³/mol. The zero-order valence-corrected chi connectivity index (χ0v) is 10.5. The van der Waals surface area contributed by atoms with Crippen LogP contribution in [0.5, 0.6) is 0 Å². The fourth-order valence-corrected chi connectivity index (χ4v) is 2.52. The third-order valence-electron chi connectivity index (χ3n) is 3.43. The highest BCUT2D eigenvalue weighted by Gasteiger charge is 2.37. The molecule has 1 amide bonds. The van der Waals surface area contributed by atoms with E-state index in [0.717, 1.165) is 12.8 Å². The SMILES string of the molecule is C=CCN(CCO)C(=O)C1CCCCC1C(=O)O. The van der Waals surface area contributed by atoms with Gasteiger partial charge in [-0.3, -0.25) is 9.59 Å². The van der Waals surface area contributed by atoms with E-state index in [0.29, 0.717) is 19.4 Å². The number of aliphatic hydroxyl groups excluding tert-OH is 1. The van der Waals surface area contributed by atoms with Gasteiger partial charge in [0.2, 0.25) is 5.91 Å². The zero-order chi connectivity index (χ0) is 13.5. The fourth-order valence-electron chi connectivity index (χ4n) is 2.52. The van der Waals surface area contributed by atoms with Crippen LogP contribution in [0.25, 0.3) is 0 Å². The third-order valence-corrected chi connectivity index (χ3v) is 3.43. The minimum Gasteiger partial charge on any atom is -0.481 e. The van der Waals surface area contributed by atoms with Gasteiger partial charge in [0.25, 0.3) is 0 Å². The maximum absolute atomic E-state index is 12.3. The van der Waals surface area contributed by atoms with Crippen molar-refractivity contribution in [2.24, 2.45) is 11.8 Å². The number of carbonyl (C=O) groups excluding carboxylic acids is 1. The number of aliphatic carboxylic acids is 1. The van der Waals surface area contributed by atoms with E-state index in [9.17, 15) is 9.59 Å². The quantitative estimate of drug-likeness (QED) is 0.691. The minimum absolute atomic E-state index is 0.121. The normalized spacial score (nSPS) is 23.4. The molecule has 0 spiro atoms. The molecule has 0 radical (unpaired) electrons. The summed E-state index contributed by atoms with van der Waals surface area (Å²) < 4.78 is 0. The van der Waals surface area contributed by atoms with Crippen LogP contribution in [0.15, 0.2) is 12.7 Å². The Hall–Kier alpha value is -1.36. The number of carboxylic acid groups (broad SMARTS) is 1. The maximum Gasteiger partial charge on any atom is 0.307 e. The van der Waals surface area contributed by atoms with E-state index in [1.165, 1.54) is 4.90 Å². The smallest absolute Gasteiger partial charge is 0.307 e. The van der Waals surface area contributed by atoms with Crippen molar-refractivity contribution in [3.05, 3.63) is 12.7 Å². The van der Waals surface area contributed by atoms with Crippen molar-refractivity contribution in [3.8, 4) is 0 Å². The molecule has 0 aromatic rings. The van der Waals surface area contributed by atoms with Crippen molar-refractivity contribution < 1.29 is 19.8 Å². The van der Waals surface area contributed by atoms with Crippen LogP contribution in [0.2, 0.25) is 0 Å². The second-order valence-corrected chi connectivity index (χ2v) is 4.63. The van der Waals surface area contributed by atoms with Crippen LogP contribution < -0.4 is 0 Å². The highest BCUT2D eigenvalue weighted by molar-refractivity contribution is 5.85. The van der Waals surface area contributed by atoms with Crippen LogP contribution in [0.1, 0.15) is 25.7 Å². The van der Waals surface area contributed by atoms with Crippen molar-refractivity contribution in [1.29, 1.82) is 0 Å². The molecular weight excluding hydrogens is 234 g/mol.